The molecule has 78 valence electrons. The summed E-state index contributed by atoms with van der Waals surface area (Å²) in [6.45, 7) is 0. The minimum atomic E-state index is -3.13. The number of sulfone groups is 1. The molecule has 0 bridgehead atoms. The van der Waals surface area contributed by atoms with Crippen molar-refractivity contribution in [3.05, 3.63) is 29.3 Å². The number of hydrogen-bond donors (Lipinski definition) is 0. The molecule has 0 saturated carbocycles. The Hall–Kier alpha value is 0.130. The molecule has 0 amide bonds. The molecular weight excluding hydrogens is 332 g/mol. The summed E-state index contributed by atoms with van der Waals surface area (Å²) >= 11 is 6.64. The van der Waals surface area contributed by atoms with Gasteiger partial charge < -0.3 is 0 Å². The molecule has 0 N–H and O–H groups in total. The van der Waals surface area contributed by atoms with Gasteiger partial charge in [-0.3, -0.25) is 0 Å². The molecule has 0 aliphatic rings. The van der Waals surface area contributed by atoms with Crippen LogP contribution in [0.25, 0.3) is 0 Å². The first kappa shape index (κ1) is 12.2. The molecule has 1 rings (SSSR count). The zero-order chi connectivity index (χ0) is 10.8. The van der Waals surface area contributed by atoms with Crippen LogP contribution in [-0.4, -0.2) is 14.7 Å². The summed E-state index contributed by atoms with van der Waals surface area (Å²) in [5.74, 6) is 0. The van der Waals surface area contributed by atoms with Gasteiger partial charge in [0, 0.05) is 16.9 Å². The van der Waals surface area contributed by atoms with E-state index in [1.165, 1.54) is 6.26 Å². The van der Waals surface area contributed by atoms with Crippen LogP contribution in [0.15, 0.2) is 23.1 Å². The van der Waals surface area contributed by atoms with Gasteiger partial charge in [0.05, 0.1) is 4.90 Å². The van der Waals surface area contributed by atoms with Crippen LogP contribution in [0.1, 0.15) is 11.1 Å². The molecule has 0 saturated heterocycles. The lowest BCUT2D eigenvalue weighted by Gasteiger charge is -2.09. The highest BCUT2D eigenvalue weighted by atomic mass is 79.9. The first-order valence-electron chi connectivity index (χ1n) is 3.93. The van der Waals surface area contributed by atoms with Crippen LogP contribution >= 0.6 is 31.9 Å². The second-order valence-corrected chi connectivity index (χ2v) is 6.04. The van der Waals surface area contributed by atoms with Crippen molar-refractivity contribution in [1.29, 1.82) is 0 Å². The van der Waals surface area contributed by atoms with E-state index >= 15 is 0 Å². The average molecular weight is 342 g/mol. The summed E-state index contributed by atoms with van der Waals surface area (Å²) in [7, 11) is -3.13. The van der Waals surface area contributed by atoms with Crippen LogP contribution < -0.4 is 0 Å². The summed E-state index contributed by atoms with van der Waals surface area (Å²) in [5.41, 5.74) is 1.84. The molecule has 1 aromatic rings. The molecule has 1 aromatic carbocycles. The quantitative estimate of drug-likeness (QED) is 0.792. The molecule has 0 radical (unpaired) electrons. The fourth-order valence-electron chi connectivity index (χ4n) is 1.24. The third kappa shape index (κ3) is 2.58. The van der Waals surface area contributed by atoms with Gasteiger partial charge >= 0.3 is 0 Å². The van der Waals surface area contributed by atoms with E-state index in [1.807, 2.05) is 6.07 Å². The normalized spacial score (nSPS) is 11.6. The third-order valence-corrected chi connectivity index (χ3v) is 4.25. The highest BCUT2D eigenvalue weighted by Gasteiger charge is 2.14. The molecule has 0 aliphatic heterocycles. The average Bonchev–Trinajstić information content (AvgIpc) is 2.15. The zero-order valence-corrected chi connectivity index (χ0v) is 11.6. The van der Waals surface area contributed by atoms with Crippen molar-refractivity contribution in [2.45, 2.75) is 15.6 Å². The van der Waals surface area contributed by atoms with Crippen molar-refractivity contribution in [2.75, 3.05) is 6.26 Å². The maximum absolute atomic E-state index is 11.4. The maximum atomic E-state index is 11.4. The van der Waals surface area contributed by atoms with E-state index in [2.05, 4.69) is 31.9 Å². The predicted octanol–water partition coefficient (Wildman–Crippen LogP) is 2.88. The minimum Gasteiger partial charge on any atom is -0.224 e. The van der Waals surface area contributed by atoms with E-state index < -0.39 is 9.84 Å². The van der Waals surface area contributed by atoms with Crippen molar-refractivity contribution in [1.82, 2.24) is 0 Å². The smallest absolute Gasteiger partial charge is 0.175 e. The highest BCUT2D eigenvalue weighted by molar-refractivity contribution is 9.09. The lowest BCUT2D eigenvalue weighted by molar-refractivity contribution is 0.601. The Morgan fingerprint density at radius 3 is 2.29 bits per heavy atom. The number of benzene rings is 1. The van der Waals surface area contributed by atoms with Gasteiger partial charge in [0.25, 0.3) is 0 Å². The van der Waals surface area contributed by atoms with Crippen LogP contribution in [0.4, 0.5) is 0 Å². The fourth-order valence-corrected chi connectivity index (χ4v) is 3.59. The summed E-state index contributed by atoms with van der Waals surface area (Å²) < 4.78 is 22.9. The summed E-state index contributed by atoms with van der Waals surface area (Å²) in [6.07, 6.45) is 1.23. The number of hydrogen-bond acceptors (Lipinski definition) is 2. The number of rotatable bonds is 3. The minimum absolute atomic E-state index is 0.409. The molecule has 0 aliphatic carbocycles. The van der Waals surface area contributed by atoms with E-state index in [9.17, 15) is 8.42 Å². The van der Waals surface area contributed by atoms with Crippen LogP contribution in [0.3, 0.4) is 0 Å². The Kier molecular flexibility index (Phi) is 4.15. The maximum Gasteiger partial charge on any atom is 0.175 e. The van der Waals surface area contributed by atoms with Crippen molar-refractivity contribution in [3.8, 4) is 0 Å². The largest absolute Gasteiger partial charge is 0.224 e. The lowest BCUT2D eigenvalue weighted by Crippen LogP contribution is -2.03. The Balaban J connectivity index is 3.45. The third-order valence-electron chi connectivity index (χ3n) is 1.91. The van der Waals surface area contributed by atoms with Gasteiger partial charge in [0.15, 0.2) is 9.84 Å². The van der Waals surface area contributed by atoms with Gasteiger partial charge in [-0.25, -0.2) is 8.42 Å². The van der Waals surface area contributed by atoms with Gasteiger partial charge in [-0.05, 0) is 17.2 Å². The van der Waals surface area contributed by atoms with E-state index in [-0.39, 0.29) is 0 Å². The molecule has 0 atom stereocenters. The van der Waals surface area contributed by atoms with Gasteiger partial charge in [-0.2, -0.15) is 0 Å². The molecule has 5 heteroatoms. The SMILES string of the molecule is CS(=O)(=O)c1cccc(CBr)c1CBr. The standard InChI is InChI=1S/C9H10Br2O2S/c1-14(12,13)9-4-2-3-7(5-10)8(9)6-11/h2-4H,5-6H2,1H3. The van der Waals surface area contributed by atoms with Crippen LogP contribution in [0.2, 0.25) is 0 Å². The van der Waals surface area contributed by atoms with Crippen molar-refractivity contribution in [3.63, 3.8) is 0 Å². The fraction of sp³-hybridized carbons (Fsp3) is 0.333. The lowest BCUT2D eigenvalue weighted by atomic mass is 10.1. The Morgan fingerprint density at radius 1 is 1.21 bits per heavy atom. The predicted molar refractivity (Wildman–Crippen MR) is 64.8 cm³/mol. The van der Waals surface area contributed by atoms with Gasteiger partial charge in [0.2, 0.25) is 0 Å². The van der Waals surface area contributed by atoms with E-state index in [0.717, 1.165) is 11.1 Å². The summed E-state index contributed by atoms with van der Waals surface area (Å²) in [5, 5.41) is 1.22. The van der Waals surface area contributed by atoms with E-state index in [4.69, 9.17) is 0 Å². The van der Waals surface area contributed by atoms with E-state index in [1.54, 1.807) is 12.1 Å². The first-order chi connectivity index (χ1) is 6.50. The van der Waals surface area contributed by atoms with Crippen molar-refractivity contribution in [2.24, 2.45) is 0 Å². The van der Waals surface area contributed by atoms with Gasteiger partial charge in [-0.1, -0.05) is 44.0 Å². The zero-order valence-electron chi connectivity index (χ0n) is 7.63. The highest BCUT2D eigenvalue weighted by Crippen LogP contribution is 2.24. The monoisotopic (exact) mass is 340 g/mol. The number of halogens is 2. The van der Waals surface area contributed by atoms with Crippen molar-refractivity contribution >= 4 is 41.7 Å². The first-order valence-corrected chi connectivity index (χ1v) is 8.07. The second kappa shape index (κ2) is 4.77. The van der Waals surface area contributed by atoms with Gasteiger partial charge in [-0.15, -0.1) is 0 Å². The molecule has 0 fully saturated rings. The Labute approximate surface area is 101 Å². The molecule has 2 nitrogen and oxygen atoms in total. The van der Waals surface area contributed by atoms with Crippen molar-refractivity contribution < 1.29 is 8.42 Å². The van der Waals surface area contributed by atoms with Crippen LogP contribution in [-0.2, 0) is 20.5 Å². The molecule has 0 unspecified atom stereocenters. The molecule has 0 heterocycles. The Morgan fingerprint density at radius 2 is 1.86 bits per heavy atom. The summed E-state index contributed by atoms with van der Waals surface area (Å²) in [6, 6.07) is 5.32. The molecular formula is C9H10Br2O2S. The molecule has 14 heavy (non-hydrogen) atoms. The number of alkyl halides is 2. The van der Waals surface area contributed by atoms with Crippen LogP contribution in [0.5, 0.6) is 0 Å². The molecule has 0 spiro atoms. The van der Waals surface area contributed by atoms with Gasteiger partial charge in [0.1, 0.15) is 0 Å². The molecule has 0 aromatic heterocycles. The van der Waals surface area contributed by atoms with Crippen LogP contribution in [0, 0.1) is 0 Å². The Bertz CT molecular complexity index is 426. The van der Waals surface area contributed by atoms with E-state index in [0.29, 0.717) is 15.6 Å². The topological polar surface area (TPSA) is 34.1 Å². The summed E-state index contributed by atoms with van der Waals surface area (Å²) in [4.78, 5) is 0.409. The second-order valence-electron chi connectivity index (χ2n) is 2.93.